The Morgan fingerprint density at radius 1 is 1.45 bits per heavy atom. The number of oxazole rings is 1. The molecular formula is C14H14N2O6. The molecule has 2 rings (SSSR count). The number of benzene rings is 1. The Kier molecular flexibility index (Phi) is 4.11. The minimum atomic E-state index is -1.24. The lowest BCUT2D eigenvalue weighted by Crippen LogP contribution is -2.07. The Hall–Kier alpha value is -2.90. The summed E-state index contributed by atoms with van der Waals surface area (Å²) in [6.07, 6.45) is -0.216. The molecule has 0 unspecified atom stereocenters. The van der Waals surface area contributed by atoms with Crippen LogP contribution in [0.1, 0.15) is 30.1 Å². The first-order valence-electron chi connectivity index (χ1n) is 6.45. The van der Waals surface area contributed by atoms with Crippen LogP contribution in [0.3, 0.4) is 0 Å². The Morgan fingerprint density at radius 3 is 2.64 bits per heavy atom. The molecule has 0 saturated heterocycles. The van der Waals surface area contributed by atoms with Crippen LogP contribution >= 0.6 is 0 Å². The van der Waals surface area contributed by atoms with Gasteiger partial charge in [0.25, 0.3) is 0 Å². The smallest absolute Gasteiger partial charge is 0.373 e. The Bertz CT molecular complexity index is 735. The number of hydrogen-bond donors (Lipinski definition) is 1. The highest BCUT2D eigenvalue weighted by Crippen LogP contribution is 2.33. The lowest BCUT2D eigenvalue weighted by molar-refractivity contribution is -0.386. The summed E-state index contributed by atoms with van der Waals surface area (Å²) in [6.45, 7) is 5.00. The van der Waals surface area contributed by atoms with Gasteiger partial charge in [-0.05, 0) is 32.9 Å². The fourth-order valence-electron chi connectivity index (χ4n) is 1.87. The second-order valence-electron chi connectivity index (χ2n) is 4.84. The molecule has 0 atom stereocenters. The topological polar surface area (TPSA) is 116 Å². The molecule has 0 aliphatic carbocycles. The van der Waals surface area contributed by atoms with Crippen molar-refractivity contribution in [2.24, 2.45) is 0 Å². The van der Waals surface area contributed by atoms with Crippen molar-refractivity contribution >= 4 is 11.7 Å². The third kappa shape index (κ3) is 3.05. The number of ether oxygens (including phenoxy) is 1. The highest BCUT2D eigenvalue weighted by Gasteiger charge is 2.22. The predicted molar refractivity (Wildman–Crippen MR) is 76.1 cm³/mol. The number of carboxylic acids is 1. The normalized spacial score (nSPS) is 10.7. The zero-order chi connectivity index (χ0) is 16.4. The van der Waals surface area contributed by atoms with Crippen LogP contribution in [0, 0.1) is 17.0 Å². The molecule has 0 amide bonds. The van der Waals surface area contributed by atoms with Crippen molar-refractivity contribution in [2.45, 2.75) is 26.9 Å². The van der Waals surface area contributed by atoms with Gasteiger partial charge in [-0.15, -0.1) is 0 Å². The molecule has 116 valence electrons. The summed E-state index contributed by atoms with van der Waals surface area (Å²) in [5.41, 5.74) is 0.269. The zero-order valence-electron chi connectivity index (χ0n) is 12.2. The summed E-state index contributed by atoms with van der Waals surface area (Å²) in [5.74, 6) is -1.40. The van der Waals surface area contributed by atoms with Gasteiger partial charge in [-0.3, -0.25) is 10.1 Å². The van der Waals surface area contributed by atoms with Crippen LogP contribution in [0.25, 0.3) is 11.5 Å². The molecule has 1 aromatic heterocycles. The van der Waals surface area contributed by atoms with Crippen molar-refractivity contribution in [1.29, 1.82) is 0 Å². The third-order valence-corrected chi connectivity index (χ3v) is 2.76. The van der Waals surface area contributed by atoms with Crippen LogP contribution in [0.5, 0.6) is 5.75 Å². The number of nitro benzene ring substituents is 1. The highest BCUT2D eigenvalue weighted by atomic mass is 16.6. The van der Waals surface area contributed by atoms with E-state index in [2.05, 4.69) is 4.98 Å². The van der Waals surface area contributed by atoms with Crippen molar-refractivity contribution < 1.29 is 24.0 Å². The minimum absolute atomic E-state index is 0.00842. The second kappa shape index (κ2) is 5.84. The number of aromatic carboxylic acids is 1. The average Bonchev–Trinajstić information content (AvgIpc) is 2.80. The van der Waals surface area contributed by atoms with E-state index in [0.717, 1.165) is 0 Å². The molecular weight excluding hydrogens is 292 g/mol. The lowest BCUT2D eigenvalue weighted by Gasteiger charge is -2.10. The quantitative estimate of drug-likeness (QED) is 0.666. The van der Waals surface area contributed by atoms with Crippen LogP contribution in [0.4, 0.5) is 5.69 Å². The SMILES string of the molecule is Cc1nc(-c2ccc(OC(C)C)c([N+](=O)[O-])c2)oc1C(=O)O. The number of carboxylic acid groups (broad SMARTS) is 1. The van der Waals surface area contributed by atoms with Gasteiger partial charge in [0.05, 0.1) is 16.7 Å². The number of rotatable bonds is 5. The fourth-order valence-corrected chi connectivity index (χ4v) is 1.87. The van der Waals surface area contributed by atoms with Gasteiger partial charge in [0.1, 0.15) is 0 Å². The van der Waals surface area contributed by atoms with Gasteiger partial charge < -0.3 is 14.3 Å². The van der Waals surface area contributed by atoms with Gasteiger partial charge in [0.15, 0.2) is 5.75 Å². The maximum atomic E-state index is 11.1. The molecule has 8 nitrogen and oxygen atoms in total. The van der Waals surface area contributed by atoms with Crippen LogP contribution in [0.2, 0.25) is 0 Å². The lowest BCUT2D eigenvalue weighted by atomic mass is 10.2. The van der Waals surface area contributed by atoms with Crippen molar-refractivity contribution in [1.82, 2.24) is 4.98 Å². The van der Waals surface area contributed by atoms with Crippen LogP contribution in [-0.4, -0.2) is 27.1 Å². The molecule has 0 saturated carbocycles. The highest BCUT2D eigenvalue weighted by molar-refractivity contribution is 5.86. The Morgan fingerprint density at radius 2 is 2.14 bits per heavy atom. The van der Waals surface area contributed by atoms with E-state index in [-0.39, 0.29) is 34.9 Å². The van der Waals surface area contributed by atoms with Crippen LogP contribution < -0.4 is 4.74 Å². The first-order chi connectivity index (χ1) is 10.3. The van der Waals surface area contributed by atoms with Gasteiger partial charge in [-0.25, -0.2) is 9.78 Å². The van der Waals surface area contributed by atoms with Gasteiger partial charge in [0, 0.05) is 11.6 Å². The van der Waals surface area contributed by atoms with E-state index in [1.165, 1.54) is 25.1 Å². The molecule has 2 aromatic rings. The molecule has 1 N–H and O–H groups in total. The number of aryl methyl sites for hydroxylation is 1. The maximum absolute atomic E-state index is 11.1. The van der Waals surface area contributed by atoms with Crippen LogP contribution in [-0.2, 0) is 0 Å². The molecule has 0 aliphatic rings. The van der Waals surface area contributed by atoms with Gasteiger partial charge >= 0.3 is 11.7 Å². The summed E-state index contributed by atoms with van der Waals surface area (Å²) < 4.78 is 10.5. The molecule has 0 bridgehead atoms. The van der Waals surface area contributed by atoms with Crippen LogP contribution in [0.15, 0.2) is 22.6 Å². The average molecular weight is 306 g/mol. The Balaban J connectivity index is 2.49. The number of aromatic nitrogens is 1. The minimum Gasteiger partial charge on any atom is -0.484 e. The standard InChI is InChI=1S/C14H14N2O6/c1-7(2)21-11-5-4-9(6-10(11)16(19)20)13-15-8(3)12(22-13)14(17)18/h4-7H,1-3H3,(H,17,18). The third-order valence-electron chi connectivity index (χ3n) is 2.76. The van der Waals surface area contributed by atoms with E-state index in [1.54, 1.807) is 13.8 Å². The summed E-state index contributed by atoms with van der Waals surface area (Å²) in [5, 5.41) is 20.1. The van der Waals surface area contributed by atoms with Crippen molar-refractivity contribution in [3.05, 3.63) is 39.8 Å². The van der Waals surface area contributed by atoms with Crippen molar-refractivity contribution in [3.63, 3.8) is 0 Å². The van der Waals surface area contributed by atoms with E-state index >= 15 is 0 Å². The second-order valence-corrected chi connectivity index (χ2v) is 4.84. The molecule has 1 heterocycles. The van der Waals surface area contributed by atoms with E-state index in [9.17, 15) is 14.9 Å². The van der Waals surface area contributed by atoms with E-state index in [4.69, 9.17) is 14.3 Å². The number of nitro groups is 1. The fraction of sp³-hybridized carbons (Fsp3) is 0.286. The zero-order valence-corrected chi connectivity index (χ0v) is 12.2. The molecule has 0 aliphatic heterocycles. The molecule has 0 fully saturated rings. The monoisotopic (exact) mass is 306 g/mol. The molecule has 8 heteroatoms. The Labute approximate surface area is 125 Å². The summed E-state index contributed by atoms with van der Waals surface area (Å²) in [7, 11) is 0. The van der Waals surface area contributed by atoms with Gasteiger partial charge in [-0.1, -0.05) is 0 Å². The number of nitrogens with zero attached hydrogens (tertiary/aromatic N) is 2. The first-order valence-corrected chi connectivity index (χ1v) is 6.45. The van der Waals surface area contributed by atoms with E-state index in [0.29, 0.717) is 5.56 Å². The van der Waals surface area contributed by atoms with E-state index < -0.39 is 10.9 Å². The van der Waals surface area contributed by atoms with E-state index in [1.807, 2.05) is 0 Å². The first kappa shape index (κ1) is 15.5. The van der Waals surface area contributed by atoms with Crippen molar-refractivity contribution in [2.75, 3.05) is 0 Å². The summed E-state index contributed by atoms with van der Waals surface area (Å²) in [6, 6.07) is 4.21. The predicted octanol–water partition coefficient (Wildman–Crippen LogP) is 3.04. The largest absolute Gasteiger partial charge is 0.484 e. The molecule has 0 radical (unpaired) electrons. The number of hydrogen-bond acceptors (Lipinski definition) is 6. The summed E-state index contributed by atoms with van der Waals surface area (Å²) >= 11 is 0. The maximum Gasteiger partial charge on any atom is 0.373 e. The number of carbonyl (C=O) groups is 1. The summed E-state index contributed by atoms with van der Waals surface area (Å²) in [4.78, 5) is 25.5. The van der Waals surface area contributed by atoms with Gasteiger partial charge in [0.2, 0.25) is 11.7 Å². The van der Waals surface area contributed by atoms with Crippen molar-refractivity contribution in [3.8, 4) is 17.2 Å². The molecule has 0 spiro atoms. The molecule has 1 aromatic carbocycles. The van der Waals surface area contributed by atoms with Gasteiger partial charge in [-0.2, -0.15) is 0 Å². The molecule has 22 heavy (non-hydrogen) atoms.